The molecule has 0 aliphatic carbocycles. The lowest BCUT2D eigenvalue weighted by molar-refractivity contribution is -0.155. The van der Waals surface area contributed by atoms with E-state index in [0.29, 0.717) is 0 Å². The predicted octanol–water partition coefficient (Wildman–Crippen LogP) is 1.25. The Morgan fingerprint density at radius 3 is 2.40 bits per heavy atom. The van der Waals surface area contributed by atoms with Gasteiger partial charge in [-0.25, -0.2) is 13.6 Å². The maximum absolute atomic E-state index is 12.5. The summed E-state index contributed by atoms with van der Waals surface area (Å²) in [6, 6.07) is 0. The fraction of sp³-hybridized carbons (Fsp3) is 0.833. The quantitative estimate of drug-likeness (QED) is 0.569. The zero-order valence-electron chi connectivity index (χ0n) is 5.99. The standard InChI is InChI=1S/C6H10F2O2/c1-6(2,8)5(9)10-4-3-7/h3-4H2,1-2H3. The van der Waals surface area contributed by atoms with Crippen molar-refractivity contribution >= 4 is 5.97 Å². The van der Waals surface area contributed by atoms with E-state index in [2.05, 4.69) is 4.74 Å². The summed E-state index contributed by atoms with van der Waals surface area (Å²) in [5.41, 5.74) is -2.02. The first-order chi connectivity index (χ1) is 4.48. The molecule has 0 spiro atoms. The molecule has 0 N–H and O–H groups in total. The third-order valence-corrected chi connectivity index (χ3v) is 0.796. The lowest BCUT2D eigenvalue weighted by Gasteiger charge is -2.11. The Kier molecular flexibility index (Phi) is 3.25. The first-order valence-electron chi connectivity index (χ1n) is 2.90. The third-order valence-electron chi connectivity index (χ3n) is 0.796. The smallest absolute Gasteiger partial charge is 0.343 e. The predicted molar refractivity (Wildman–Crippen MR) is 32.1 cm³/mol. The molecule has 0 aromatic rings. The van der Waals surface area contributed by atoms with E-state index in [1.807, 2.05) is 0 Å². The monoisotopic (exact) mass is 152 g/mol. The number of alkyl halides is 2. The molecule has 0 fully saturated rings. The van der Waals surface area contributed by atoms with Crippen LogP contribution in [0.25, 0.3) is 0 Å². The highest BCUT2D eigenvalue weighted by molar-refractivity contribution is 5.78. The van der Waals surface area contributed by atoms with Gasteiger partial charge in [-0.15, -0.1) is 0 Å². The minimum absolute atomic E-state index is 0.369. The molecule has 0 aliphatic heterocycles. The van der Waals surface area contributed by atoms with Gasteiger partial charge < -0.3 is 4.74 Å². The number of carbonyl (C=O) groups is 1. The highest BCUT2D eigenvalue weighted by Gasteiger charge is 2.28. The molecule has 0 saturated carbocycles. The number of esters is 1. The van der Waals surface area contributed by atoms with E-state index < -0.39 is 18.3 Å². The highest BCUT2D eigenvalue weighted by atomic mass is 19.1. The van der Waals surface area contributed by atoms with Crippen LogP contribution in [0.3, 0.4) is 0 Å². The molecule has 0 atom stereocenters. The second-order valence-electron chi connectivity index (χ2n) is 2.30. The average Bonchev–Trinajstić information content (AvgIpc) is 1.80. The summed E-state index contributed by atoms with van der Waals surface area (Å²) in [7, 11) is 0. The van der Waals surface area contributed by atoms with E-state index in [1.54, 1.807) is 0 Å². The number of carbonyl (C=O) groups excluding carboxylic acids is 1. The number of hydrogen-bond acceptors (Lipinski definition) is 2. The van der Waals surface area contributed by atoms with E-state index in [4.69, 9.17) is 0 Å². The second kappa shape index (κ2) is 3.49. The molecule has 4 heteroatoms. The minimum Gasteiger partial charge on any atom is -0.461 e. The summed E-state index contributed by atoms with van der Waals surface area (Å²) in [6.07, 6.45) is 0. The van der Waals surface area contributed by atoms with E-state index in [1.165, 1.54) is 0 Å². The van der Waals surface area contributed by atoms with Gasteiger partial charge in [-0.05, 0) is 13.8 Å². The molecule has 0 amide bonds. The van der Waals surface area contributed by atoms with Crippen LogP contribution in [0.15, 0.2) is 0 Å². The fourth-order valence-corrected chi connectivity index (χ4v) is 0.303. The molecule has 0 saturated heterocycles. The van der Waals surface area contributed by atoms with Crippen molar-refractivity contribution in [2.45, 2.75) is 19.5 Å². The summed E-state index contributed by atoms with van der Waals surface area (Å²) in [5, 5.41) is 0. The number of halogens is 2. The van der Waals surface area contributed by atoms with E-state index in [0.717, 1.165) is 13.8 Å². The van der Waals surface area contributed by atoms with Crippen molar-refractivity contribution in [3.8, 4) is 0 Å². The Labute approximate surface area is 58.2 Å². The van der Waals surface area contributed by atoms with Crippen LogP contribution in [0.2, 0.25) is 0 Å². The number of ether oxygens (including phenoxy) is 1. The molecule has 10 heavy (non-hydrogen) atoms. The molecule has 0 radical (unpaired) electrons. The molecular formula is C6H10F2O2. The first kappa shape index (κ1) is 9.33. The highest BCUT2D eigenvalue weighted by Crippen LogP contribution is 2.09. The Balaban J connectivity index is 3.64. The van der Waals surface area contributed by atoms with Crippen molar-refractivity contribution in [1.29, 1.82) is 0 Å². The summed E-state index contributed by atoms with van der Waals surface area (Å²) in [4.78, 5) is 10.5. The Morgan fingerprint density at radius 2 is 2.10 bits per heavy atom. The van der Waals surface area contributed by atoms with Crippen LogP contribution in [0.1, 0.15) is 13.8 Å². The maximum atomic E-state index is 12.5. The van der Waals surface area contributed by atoms with Crippen molar-refractivity contribution in [2.24, 2.45) is 0 Å². The molecule has 0 rings (SSSR count). The zero-order valence-corrected chi connectivity index (χ0v) is 5.99. The molecule has 0 heterocycles. The molecule has 0 aromatic carbocycles. The van der Waals surface area contributed by atoms with Crippen molar-refractivity contribution < 1.29 is 18.3 Å². The summed E-state index contributed by atoms with van der Waals surface area (Å²) < 4.78 is 28.0. The molecule has 2 nitrogen and oxygen atoms in total. The molecular weight excluding hydrogens is 142 g/mol. The van der Waals surface area contributed by atoms with Crippen LogP contribution >= 0.6 is 0 Å². The van der Waals surface area contributed by atoms with E-state index >= 15 is 0 Å². The van der Waals surface area contributed by atoms with Crippen molar-refractivity contribution in [1.82, 2.24) is 0 Å². The largest absolute Gasteiger partial charge is 0.461 e. The Bertz CT molecular complexity index is 117. The van der Waals surface area contributed by atoms with Crippen molar-refractivity contribution in [3.05, 3.63) is 0 Å². The summed E-state index contributed by atoms with van der Waals surface area (Å²) in [6.45, 7) is 0.981. The van der Waals surface area contributed by atoms with Gasteiger partial charge in [0.15, 0.2) is 0 Å². The van der Waals surface area contributed by atoms with Gasteiger partial charge in [0.25, 0.3) is 0 Å². The molecule has 0 aromatic heterocycles. The number of hydrogen-bond donors (Lipinski definition) is 0. The molecule has 60 valence electrons. The second-order valence-corrected chi connectivity index (χ2v) is 2.30. The van der Waals surface area contributed by atoms with Gasteiger partial charge in [0.05, 0.1) is 0 Å². The number of rotatable bonds is 3. The van der Waals surface area contributed by atoms with Crippen LogP contribution < -0.4 is 0 Å². The van der Waals surface area contributed by atoms with E-state index in [-0.39, 0.29) is 6.61 Å². The van der Waals surface area contributed by atoms with Crippen molar-refractivity contribution in [3.63, 3.8) is 0 Å². The first-order valence-corrected chi connectivity index (χ1v) is 2.90. The lowest BCUT2D eigenvalue weighted by atomic mass is 10.2. The van der Waals surface area contributed by atoms with Gasteiger partial charge in [0.1, 0.15) is 13.3 Å². The van der Waals surface area contributed by atoms with Gasteiger partial charge in [0, 0.05) is 0 Å². The summed E-state index contributed by atoms with van der Waals surface area (Å²) in [5.74, 6) is -1.02. The van der Waals surface area contributed by atoms with Gasteiger partial charge in [-0.3, -0.25) is 0 Å². The van der Waals surface area contributed by atoms with Gasteiger partial charge in [0.2, 0.25) is 5.67 Å². The van der Waals surface area contributed by atoms with Crippen LogP contribution in [0, 0.1) is 0 Å². The normalized spacial score (nSPS) is 11.2. The van der Waals surface area contributed by atoms with Crippen LogP contribution in [0.4, 0.5) is 8.78 Å². The molecule has 0 aliphatic rings. The van der Waals surface area contributed by atoms with Crippen molar-refractivity contribution in [2.75, 3.05) is 13.3 Å². The van der Waals surface area contributed by atoms with Crippen LogP contribution in [-0.2, 0) is 9.53 Å². The SMILES string of the molecule is CC(C)(F)C(=O)OCCF. The van der Waals surface area contributed by atoms with Gasteiger partial charge >= 0.3 is 5.97 Å². The Morgan fingerprint density at radius 1 is 1.60 bits per heavy atom. The minimum atomic E-state index is -2.02. The van der Waals surface area contributed by atoms with Crippen LogP contribution in [-0.4, -0.2) is 24.9 Å². The average molecular weight is 152 g/mol. The lowest BCUT2D eigenvalue weighted by Crippen LogP contribution is -2.28. The van der Waals surface area contributed by atoms with E-state index in [9.17, 15) is 13.6 Å². The summed E-state index contributed by atoms with van der Waals surface area (Å²) >= 11 is 0. The van der Waals surface area contributed by atoms with Gasteiger partial charge in [-0.2, -0.15) is 0 Å². The Hall–Kier alpha value is -0.670. The molecule has 0 bridgehead atoms. The maximum Gasteiger partial charge on any atom is 0.343 e. The fourth-order valence-electron chi connectivity index (χ4n) is 0.303. The van der Waals surface area contributed by atoms with Crippen LogP contribution in [0.5, 0.6) is 0 Å². The third kappa shape index (κ3) is 3.37. The topological polar surface area (TPSA) is 26.3 Å². The van der Waals surface area contributed by atoms with Gasteiger partial charge in [-0.1, -0.05) is 0 Å². The zero-order chi connectivity index (χ0) is 8.20. The molecule has 0 unspecified atom stereocenters.